The van der Waals surface area contributed by atoms with Crippen molar-refractivity contribution >= 4 is 22.7 Å². The van der Waals surface area contributed by atoms with Gasteiger partial charge in [-0.2, -0.15) is 13.2 Å². The van der Waals surface area contributed by atoms with Crippen LogP contribution in [-0.4, -0.2) is 27.3 Å². The number of hydrogen-bond acceptors (Lipinski definition) is 5. The van der Waals surface area contributed by atoms with Crippen molar-refractivity contribution in [3.63, 3.8) is 0 Å². The van der Waals surface area contributed by atoms with Gasteiger partial charge in [0.05, 0.1) is 5.69 Å². The number of hydrogen-bond donors (Lipinski definition) is 2. The number of carbonyl (C=O) groups excluding carboxylic acids is 1. The van der Waals surface area contributed by atoms with Gasteiger partial charge >= 0.3 is 12.3 Å². The van der Waals surface area contributed by atoms with Crippen molar-refractivity contribution in [2.24, 2.45) is 0 Å². The summed E-state index contributed by atoms with van der Waals surface area (Å²) in [6, 6.07) is 7.85. The summed E-state index contributed by atoms with van der Waals surface area (Å²) in [5.74, 6) is 0.0891. The smallest absolute Gasteiger partial charge is 0.378 e. The fourth-order valence-electron chi connectivity index (χ4n) is 2.70. The van der Waals surface area contributed by atoms with Crippen molar-refractivity contribution in [2.45, 2.75) is 19.2 Å². The summed E-state index contributed by atoms with van der Waals surface area (Å²) in [5, 5.41) is 12.8. The molecule has 0 saturated heterocycles. The zero-order chi connectivity index (χ0) is 20.5. The third-order valence-electron chi connectivity index (χ3n) is 4.06. The van der Waals surface area contributed by atoms with E-state index in [0.717, 1.165) is 0 Å². The Bertz CT molecular complexity index is 1040. The summed E-state index contributed by atoms with van der Waals surface area (Å²) >= 11 is 0. The Morgan fingerprint density at radius 2 is 1.89 bits per heavy atom. The average Bonchev–Trinajstić information content (AvgIpc) is 2.66. The lowest BCUT2D eigenvalue weighted by molar-refractivity contribution is -0.207. The highest BCUT2D eigenvalue weighted by Gasteiger charge is 2.40. The molecule has 0 radical (unpaired) electrons. The molecule has 28 heavy (non-hydrogen) atoms. The molecular formula is C18H13F4N3O3. The van der Waals surface area contributed by atoms with Crippen molar-refractivity contribution in [1.82, 2.24) is 9.97 Å². The molecule has 10 heteroatoms. The Kier molecular flexibility index (Phi) is 5.14. The Labute approximate surface area is 155 Å². The van der Waals surface area contributed by atoms with Gasteiger partial charge in [-0.1, -0.05) is 12.1 Å². The zero-order valence-electron chi connectivity index (χ0n) is 14.3. The van der Waals surface area contributed by atoms with Crippen molar-refractivity contribution in [2.75, 3.05) is 5.32 Å². The summed E-state index contributed by atoms with van der Waals surface area (Å²) in [7, 11) is 0. The molecule has 6 nitrogen and oxygen atoms in total. The van der Waals surface area contributed by atoms with E-state index >= 15 is 0 Å². The molecule has 3 rings (SSSR count). The molecule has 0 fully saturated rings. The van der Waals surface area contributed by atoms with Gasteiger partial charge in [-0.05, 0) is 41.6 Å². The van der Waals surface area contributed by atoms with E-state index in [1.54, 1.807) is 25.1 Å². The molecule has 1 aromatic carbocycles. The van der Waals surface area contributed by atoms with Crippen LogP contribution >= 0.6 is 0 Å². The molecule has 2 aromatic heterocycles. The minimum atomic E-state index is -4.80. The van der Waals surface area contributed by atoms with Crippen LogP contribution in [0.3, 0.4) is 0 Å². The van der Waals surface area contributed by atoms with Crippen LogP contribution in [0.25, 0.3) is 21.9 Å². The van der Waals surface area contributed by atoms with Gasteiger partial charge < -0.3 is 5.11 Å². The minimum absolute atomic E-state index is 0.0891. The summed E-state index contributed by atoms with van der Waals surface area (Å²) < 4.78 is 49.7. The maximum atomic E-state index is 12.6. The number of aliphatic hydroxyl groups is 1. The van der Waals surface area contributed by atoms with Gasteiger partial charge in [0.25, 0.3) is 0 Å². The first kappa shape index (κ1) is 19.5. The van der Waals surface area contributed by atoms with Crippen LogP contribution in [0, 0.1) is 6.92 Å². The number of benzene rings is 1. The number of alkyl halides is 3. The number of aryl methyl sites for hydroxylation is 1. The van der Waals surface area contributed by atoms with E-state index in [9.17, 15) is 27.6 Å². The molecule has 2 heterocycles. The van der Waals surface area contributed by atoms with Gasteiger partial charge in [0.1, 0.15) is 5.82 Å². The Morgan fingerprint density at radius 1 is 1.14 bits per heavy atom. The van der Waals surface area contributed by atoms with Crippen molar-refractivity contribution < 1.29 is 32.5 Å². The second kappa shape index (κ2) is 7.39. The van der Waals surface area contributed by atoms with E-state index < -0.39 is 24.1 Å². The van der Waals surface area contributed by atoms with Crippen LogP contribution in [-0.2, 0) is 4.94 Å². The molecule has 3 aromatic rings. The van der Waals surface area contributed by atoms with Crippen LogP contribution in [0.5, 0.6) is 0 Å². The minimum Gasteiger partial charge on any atom is -0.378 e. The maximum absolute atomic E-state index is 12.6. The monoisotopic (exact) mass is 395 g/mol. The fraction of sp³-hybridized carbons (Fsp3) is 0.167. The molecular weight excluding hydrogens is 382 g/mol. The lowest BCUT2D eigenvalue weighted by Gasteiger charge is -2.15. The van der Waals surface area contributed by atoms with Gasteiger partial charge in [0, 0.05) is 27.9 Å². The number of aromatic nitrogens is 2. The first-order valence-electron chi connectivity index (χ1n) is 7.90. The van der Waals surface area contributed by atoms with E-state index in [1.807, 2.05) is 0 Å². The molecule has 1 atom stereocenters. The van der Waals surface area contributed by atoms with E-state index in [1.165, 1.54) is 24.5 Å². The number of fused-ring (bicyclic) bond motifs is 1. The summed E-state index contributed by atoms with van der Waals surface area (Å²) in [5.41, 5.74) is 1.29. The van der Waals surface area contributed by atoms with Crippen LogP contribution < -0.4 is 5.32 Å². The predicted octanol–water partition coefficient (Wildman–Crippen LogP) is 4.63. The van der Waals surface area contributed by atoms with Crippen molar-refractivity contribution in [3.05, 3.63) is 54.0 Å². The van der Waals surface area contributed by atoms with E-state index in [4.69, 9.17) is 0 Å². The van der Waals surface area contributed by atoms with Gasteiger partial charge in [0.15, 0.2) is 6.10 Å². The van der Waals surface area contributed by atoms with Crippen LogP contribution in [0.4, 0.5) is 28.3 Å². The summed E-state index contributed by atoms with van der Waals surface area (Å²) in [6.07, 6.45) is -6.04. The second-order valence-electron chi connectivity index (χ2n) is 5.99. The third-order valence-corrected chi connectivity index (χ3v) is 4.06. The number of halogens is 4. The molecule has 146 valence electrons. The molecule has 0 spiro atoms. The lowest BCUT2D eigenvalue weighted by atomic mass is 9.99. The number of amides is 1. The van der Waals surface area contributed by atoms with Crippen molar-refractivity contribution in [3.8, 4) is 11.1 Å². The largest absolute Gasteiger partial charge is 0.450 e. The highest BCUT2D eigenvalue weighted by atomic mass is 19.4. The predicted molar refractivity (Wildman–Crippen MR) is 91.9 cm³/mol. The number of rotatable bonds is 3. The first-order chi connectivity index (χ1) is 13.2. The first-order valence-corrected chi connectivity index (χ1v) is 7.90. The number of nitrogens with one attached hydrogen (secondary N) is 1. The highest BCUT2D eigenvalue weighted by Crippen LogP contribution is 2.34. The second-order valence-corrected chi connectivity index (χ2v) is 5.99. The fourth-order valence-corrected chi connectivity index (χ4v) is 2.70. The summed E-state index contributed by atoms with van der Waals surface area (Å²) in [6.45, 7) is 1.61. The Balaban J connectivity index is 1.93. The molecule has 1 amide bonds. The topological polar surface area (TPSA) is 84.3 Å². The molecule has 1 unspecified atom stereocenters. The zero-order valence-corrected chi connectivity index (χ0v) is 14.3. The SMILES string of the molecule is Cc1cc(C(O)C(F)(F)F)ncc1-c1ccc2cc(NC(=O)OF)ncc2c1. The molecule has 0 saturated carbocycles. The quantitative estimate of drug-likeness (QED) is 0.632. The van der Waals surface area contributed by atoms with Gasteiger partial charge in [-0.3, -0.25) is 10.3 Å². The van der Waals surface area contributed by atoms with Gasteiger partial charge in [0.2, 0.25) is 0 Å². The number of aliphatic hydroxyl groups excluding tert-OH is 1. The third kappa shape index (κ3) is 4.01. The molecule has 0 aliphatic carbocycles. The lowest BCUT2D eigenvalue weighted by Crippen LogP contribution is -2.21. The van der Waals surface area contributed by atoms with Crippen LogP contribution in [0.2, 0.25) is 0 Å². The normalized spacial score (nSPS) is 12.6. The Hall–Kier alpha value is -3.27. The summed E-state index contributed by atoms with van der Waals surface area (Å²) in [4.78, 5) is 21.6. The van der Waals surface area contributed by atoms with Crippen LogP contribution in [0.1, 0.15) is 17.4 Å². The molecule has 2 N–H and O–H groups in total. The van der Waals surface area contributed by atoms with Crippen molar-refractivity contribution in [1.29, 1.82) is 0 Å². The van der Waals surface area contributed by atoms with E-state index in [2.05, 4.69) is 20.2 Å². The van der Waals surface area contributed by atoms with E-state index in [0.29, 0.717) is 27.5 Å². The maximum Gasteiger partial charge on any atom is 0.450 e. The molecule has 0 aliphatic rings. The molecule has 0 bridgehead atoms. The van der Waals surface area contributed by atoms with Crippen LogP contribution in [0.15, 0.2) is 42.7 Å². The van der Waals surface area contributed by atoms with E-state index in [-0.39, 0.29) is 5.82 Å². The standard InChI is InChI=1S/C18H13F4N3O3/c1-9-4-14(16(26)18(19,20)21)23-8-13(9)11-3-2-10-6-15(25-17(27)28-22)24-7-12(10)5-11/h2-8,16,26H,1H3,(H,24,25,27). The molecule has 0 aliphatic heterocycles. The van der Waals surface area contributed by atoms with Gasteiger partial charge in [-0.15, -0.1) is 0 Å². The Morgan fingerprint density at radius 3 is 2.54 bits per heavy atom. The highest BCUT2D eigenvalue weighted by molar-refractivity contribution is 5.91. The van der Waals surface area contributed by atoms with Gasteiger partial charge in [-0.25, -0.2) is 14.7 Å². The number of anilines is 1. The number of nitrogens with zero attached hydrogens (tertiary/aromatic N) is 2. The average molecular weight is 395 g/mol. The number of pyridine rings is 2. The number of carbonyl (C=O) groups is 1.